The molecule has 1 aromatic heterocycles. The van der Waals surface area contributed by atoms with Gasteiger partial charge in [0.15, 0.2) is 0 Å². The van der Waals surface area contributed by atoms with Crippen molar-refractivity contribution in [3.8, 4) is 0 Å². The lowest BCUT2D eigenvalue weighted by Crippen LogP contribution is -2.22. The summed E-state index contributed by atoms with van der Waals surface area (Å²) in [6, 6.07) is 14.1. The van der Waals surface area contributed by atoms with Crippen molar-refractivity contribution in [3.63, 3.8) is 0 Å². The summed E-state index contributed by atoms with van der Waals surface area (Å²) in [5.74, 6) is 0. The van der Waals surface area contributed by atoms with Gasteiger partial charge in [-0.3, -0.25) is 0 Å². The highest BCUT2D eigenvalue weighted by Crippen LogP contribution is 2.26. The van der Waals surface area contributed by atoms with Gasteiger partial charge >= 0.3 is 0 Å². The second-order valence-electron chi connectivity index (χ2n) is 6.50. The van der Waals surface area contributed by atoms with Gasteiger partial charge in [0.25, 0.3) is 0 Å². The fourth-order valence-corrected chi connectivity index (χ4v) is 3.11. The first-order valence-corrected chi connectivity index (χ1v) is 8.16. The van der Waals surface area contributed by atoms with Crippen molar-refractivity contribution in [3.05, 3.63) is 57.8 Å². The van der Waals surface area contributed by atoms with Crippen LogP contribution in [-0.4, -0.2) is 0 Å². The van der Waals surface area contributed by atoms with Crippen molar-refractivity contribution in [2.45, 2.75) is 52.1 Å². The molecule has 0 aliphatic rings. The maximum absolute atomic E-state index is 3.67. The zero-order valence-corrected chi connectivity index (χ0v) is 13.9. The zero-order chi connectivity index (χ0) is 14.8. The molecule has 2 heteroatoms. The number of benzene rings is 1. The van der Waals surface area contributed by atoms with Crippen molar-refractivity contribution >= 4 is 11.3 Å². The second-order valence-corrected chi connectivity index (χ2v) is 7.48. The summed E-state index contributed by atoms with van der Waals surface area (Å²) in [5, 5.41) is 5.80. The molecular formula is C18H25NS. The quantitative estimate of drug-likeness (QED) is 0.787. The molecule has 1 unspecified atom stereocenters. The minimum absolute atomic E-state index is 0.222. The largest absolute Gasteiger partial charge is 0.303 e. The lowest BCUT2D eigenvalue weighted by molar-refractivity contribution is 0.499. The molecule has 20 heavy (non-hydrogen) atoms. The van der Waals surface area contributed by atoms with Gasteiger partial charge in [-0.25, -0.2) is 0 Å². The highest BCUT2D eigenvalue weighted by Gasteiger charge is 2.15. The average Bonchev–Trinajstić information content (AvgIpc) is 2.91. The van der Waals surface area contributed by atoms with E-state index < -0.39 is 0 Å². The van der Waals surface area contributed by atoms with Crippen LogP contribution in [0.2, 0.25) is 0 Å². The number of nitrogens with one attached hydrogen (secondary N) is 1. The lowest BCUT2D eigenvalue weighted by atomic mass is 9.86. The smallest absolute Gasteiger partial charge is 0.0391 e. The number of thiophene rings is 1. The summed E-state index contributed by atoms with van der Waals surface area (Å²) in [6.07, 6.45) is 0. The topological polar surface area (TPSA) is 12.0 Å². The van der Waals surface area contributed by atoms with Crippen LogP contribution in [-0.2, 0) is 5.41 Å². The highest BCUT2D eigenvalue weighted by molar-refractivity contribution is 7.10. The van der Waals surface area contributed by atoms with Crippen LogP contribution in [0.25, 0.3) is 0 Å². The Labute approximate surface area is 127 Å². The standard InChI is InChI=1S/C18H25NS/c1-13(19-14(2)17-7-6-12-20-17)15-8-10-16(11-9-15)18(3,4)5/h6-14,19H,1-5H3/t13?,14-/m0/s1. The normalized spacial score (nSPS) is 15.1. The van der Waals surface area contributed by atoms with E-state index in [9.17, 15) is 0 Å². The molecule has 0 aliphatic heterocycles. The van der Waals surface area contributed by atoms with Crippen LogP contribution in [0.15, 0.2) is 41.8 Å². The van der Waals surface area contributed by atoms with E-state index in [0.29, 0.717) is 12.1 Å². The van der Waals surface area contributed by atoms with Crippen molar-refractivity contribution < 1.29 is 0 Å². The molecule has 0 spiro atoms. The molecule has 0 saturated carbocycles. The monoisotopic (exact) mass is 287 g/mol. The Morgan fingerprint density at radius 3 is 2.10 bits per heavy atom. The van der Waals surface area contributed by atoms with E-state index in [1.54, 1.807) is 0 Å². The molecule has 0 radical (unpaired) electrons. The van der Waals surface area contributed by atoms with E-state index in [1.807, 2.05) is 11.3 Å². The van der Waals surface area contributed by atoms with Crippen LogP contribution < -0.4 is 5.32 Å². The fraction of sp³-hybridized carbons (Fsp3) is 0.444. The average molecular weight is 287 g/mol. The third-order valence-corrected chi connectivity index (χ3v) is 4.80. The summed E-state index contributed by atoms with van der Waals surface area (Å²) in [7, 11) is 0. The molecule has 2 atom stereocenters. The van der Waals surface area contributed by atoms with Crippen molar-refractivity contribution in [1.29, 1.82) is 0 Å². The predicted molar refractivity (Wildman–Crippen MR) is 89.4 cm³/mol. The molecule has 0 aliphatic carbocycles. The first kappa shape index (κ1) is 15.3. The van der Waals surface area contributed by atoms with Crippen LogP contribution in [0.3, 0.4) is 0 Å². The zero-order valence-electron chi connectivity index (χ0n) is 13.1. The molecule has 108 valence electrons. The van der Waals surface area contributed by atoms with Crippen LogP contribution in [0, 0.1) is 0 Å². The molecule has 0 bridgehead atoms. The summed E-state index contributed by atoms with van der Waals surface area (Å²) in [5.41, 5.74) is 2.96. The summed E-state index contributed by atoms with van der Waals surface area (Å²) in [4.78, 5) is 1.39. The Morgan fingerprint density at radius 1 is 0.950 bits per heavy atom. The Hall–Kier alpha value is -1.12. The maximum Gasteiger partial charge on any atom is 0.0391 e. The van der Waals surface area contributed by atoms with Crippen LogP contribution in [0.5, 0.6) is 0 Å². The molecule has 0 fully saturated rings. The predicted octanol–water partition coefficient (Wildman–Crippen LogP) is 5.46. The van der Waals surface area contributed by atoms with Crippen LogP contribution in [0.4, 0.5) is 0 Å². The molecule has 1 aromatic carbocycles. The summed E-state index contributed by atoms with van der Waals surface area (Å²) >= 11 is 1.81. The number of rotatable bonds is 4. The number of hydrogen-bond acceptors (Lipinski definition) is 2. The number of hydrogen-bond donors (Lipinski definition) is 1. The Morgan fingerprint density at radius 2 is 1.60 bits per heavy atom. The van der Waals surface area contributed by atoms with E-state index in [2.05, 4.69) is 81.7 Å². The summed E-state index contributed by atoms with van der Waals surface area (Å²) in [6.45, 7) is 11.2. The van der Waals surface area contributed by atoms with Gasteiger partial charge in [0.1, 0.15) is 0 Å². The molecule has 0 saturated heterocycles. The minimum Gasteiger partial charge on any atom is -0.303 e. The molecule has 1 N–H and O–H groups in total. The van der Waals surface area contributed by atoms with E-state index in [-0.39, 0.29) is 5.41 Å². The van der Waals surface area contributed by atoms with E-state index in [0.717, 1.165) is 0 Å². The van der Waals surface area contributed by atoms with Gasteiger partial charge < -0.3 is 5.32 Å². The SMILES string of the molecule is CC(N[C@@H](C)c1cccs1)c1ccc(C(C)(C)C)cc1. The molecule has 2 rings (SSSR count). The third kappa shape index (κ3) is 3.71. The van der Waals surface area contributed by atoms with Gasteiger partial charge in [-0.15, -0.1) is 11.3 Å². The van der Waals surface area contributed by atoms with Crippen LogP contribution in [0.1, 0.15) is 62.7 Å². The first-order chi connectivity index (χ1) is 9.38. The van der Waals surface area contributed by atoms with Gasteiger partial charge in [0.05, 0.1) is 0 Å². The van der Waals surface area contributed by atoms with E-state index >= 15 is 0 Å². The van der Waals surface area contributed by atoms with Crippen molar-refractivity contribution in [2.75, 3.05) is 0 Å². The minimum atomic E-state index is 0.222. The highest BCUT2D eigenvalue weighted by atomic mass is 32.1. The summed E-state index contributed by atoms with van der Waals surface area (Å²) < 4.78 is 0. The fourth-order valence-electron chi connectivity index (χ4n) is 2.36. The van der Waals surface area contributed by atoms with Gasteiger partial charge in [-0.1, -0.05) is 51.1 Å². The van der Waals surface area contributed by atoms with E-state index in [4.69, 9.17) is 0 Å². The Kier molecular flexibility index (Phi) is 4.66. The second kappa shape index (κ2) is 6.11. The first-order valence-electron chi connectivity index (χ1n) is 7.28. The Bertz CT molecular complexity index is 520. The molecule has 0 amide bonds. The lowest BCUT2D eigenvalue weighted by Gasteiger charge is -2.22. The van der Waals surface area contributed by atoms with Crippen molar-refractivity contribution in [1.82, 2.24) is 5.32 Å². The molecular weight excluding hydrogens is 262 g/mol. The van der Waals surface area contributed by atoms with Crippen molar-refractivity contribution in [2.24, 2.45) is 0 Å². The van der Waals surface area contributed by atoms with Gasteiger partial charge in [0.2, 0.25) is 0 Å². The van der Waals surface area contributed by atoms with Gasteiger partial charge in [-0.2, -0.15) is 0 Å². The van der Waals surface area contributed by atoms with Gasteiger partial charge in [0, 0.05) is 17.0 Å². The van der Waals surface area contributed by atoms with Crippen LogP contribution >= 0.6 is 11.3 Å². The molecule has 1 heterocycles. The molecule has 2 aromatic rings. The van der Waals surface area contributed by atoms with Gasteiger partial charge in [-0.05, 0) is 41.8 Å². The Balaban J connectivity index is 2.04. The van der Waals surface area contributed by atoms with E-state index in [1.165, 1.54) is 16.0 Å². The molecule has 1 nitrogen and oxygen atoms in total. The third-order valence-electron chi connectivity index (χ3n) is 3.75. The maximum atomic E-state index is 3.67.